The summed E-state index contributed by atoms with van der Waals surface area (Å²) in [6.07, 6.45) is 6.58. The average molecular weight is 301 g/mol. The Morgan fingerprint density at radius 1 is 1.41 bits per heavy atom. The molecule has 0 unspecified atom stereocenters. The number of aromatic nitrogens is 2. The van der Waals surface area contributed by atoms with Crippen LogP contribution in [0.15, 0.2) is 39.8 Å². The van der Waals surface area contributed by atoms with Crippen LogP contribution in [0.25, 0.3) is 0 Å². The van der Waals surface area contributed by atoms with E-state index >= 15 is 0 Å². The van der Waals surface area contributed by atoms with Crippen LogP contribution in [0, 0.1) is 0 Å². The third kappa shape index (κ3) is 3.27. The van der Waals surface area contributed by atoms with Crippen LogP contribution in [0.3, 0.4) is 0 Å². The van der Waals surface area contributed by atoms with Crippen LogP contribution in [0.5, 0.6) is 0 Å². The van der Waals surface area contributed by atoms with E-state index in [-0.39, 0.29) is 23.3 Å². The van der Waals surface area contributed by atoms with E-state index < -0.39 is 0 Å². The van der Waals surface area contributed by atoms with Crippen molar-refractivity contribution >= 4 is 5.91 Å². The molecule has 0 saturated carbocycles. The van der Waals surface area contributed by atoms with Crippen molar-refractivity contribution in [2.75, 3.05) is 6.54 Å². The van der Waals surface area contributed by atoms with Crippen molar-refractivity contribution in [3.8, 4) is 0 Å². The van der Waals surface area contributed by atoms with Gasteiger partial charge in [0.25, 0.3) is 11.5 Å². The highest BCUT2D eigenvalue weighted by Gasteiger charge is 2.29. The minimum atomic E-state index is -0.384. The molecule has 1 saturated heterocycles. The van der Waals surface area contributed by atoms with Gasteiger partial charge in [0.15, 0.2) is 0 Å². The maximum Gasteiger partial charge on any atom is 0.292 e. The first kappa shape index (κ1) is 14.6. The number of likely N-dealkylation sites (tertiary alicyclic amines) is 1. The SMILES string of the molecule is O=C(c1cc(=O)[nH]o1)N1CCCC[C@@H]1CCc1ccccn1. The number of nitrogens with zero attached hydrogens (tertiary/aromatic N) is 2. The lowest BCUT2D eigenvalue weighted by atomic mass is 9.96. The van der Waals surface area contributed by atoms with E-state index in [2.05, 4.69) is 10.1 Å². The molecular formula is C16H19N3O3. The lowest BCUT2D eigenvalue weighted by molar-refractivity contribution is 0.0559. The molecule has 0 aliphatic carbocycles. The van der Waals surface area contributed by atoms with Gasteiger partial charge in [-0.15, -0.1) is 0 Å². The predicted octanol–water partition coefficient (Wildman–Crippen LogP) is 1.99. The second-order valence-electron chi connectivity index (χ2n) is 5.58. The summed E-state index contributed by atoms with van der Waals surface area (Å²) >= 11 is 0. The lowest BCUT2D eigenvalue weighted by Crippen LogP contribution is -2.43. The van der Waals surface area contributed by atoms with Crippen molar-refractivity contribution in [3.63, 3.8) is 0 Å². The quantitative estimate of drug-likeness (QED) is 0.936. The third-order valence-electron chi connectivity index (χ3n) is 4.08. The summed E-state index contributed by atoms with van der Waals surface area (Å²) in [6.45, 7) is 0.709. The molecule has 6 heteroatoms. The zero-order chi connectivity index (χ0) is 15.4. The van der Waals surface area contributed by atoms with Crippen molar-refractivity contribution in [1.29, 1.82) is 0 Å². The molecule has 1 aliphatic heterocycles. The minimum Gasteiger partial charge on any atom is -0.373 e. The van der Waals surface area contributed by atoms with E-state index in [1.54, 1.807) is 6.20 Å². The van der Waals surface area contributed by atoms with E-state index in [1.807, 2.05) is 23.1 Å². The van der Waals surface area contributed by atoms with Gasteiger partial charge in [-0.2, -0.15) is 5.16 Å². The Balaban J connectivity index is 1.68. The Labute approximate surface area is 128 Å². The number of aromatic amines is 1. The van der Waals surface area contributed by atoms with E-state index in [0.717, 1.165) is 37.8 Å². The highest BCUT2D eigenvalue weighted by atomic mass is 16.5. The monoisotopic (exact) mass is 301 g/mol. The number of aryl methyl sites for hydroxylation is 1. The molecule has 1 aliphatic rings. The molecule has 0 aromatic carbocycles. The molecule has 116 valence electrons. The molecule has 1 atom stereocenters. The lowest BCUT2D eigenvalue weighted by Gasteiger charge is -2.35. The van der Waals surface area contributed by atoms with E-state index in [4.69, 9.17) is 4.52 Å². The molecule has 2 aromatic rings. The Morgan fingerprint density at radius 2 is 2.32 bits per heavy atom. The van der Waals surface area contributed by atoms with Crippen molar-refractivity contribution in [1.82, 2.24) is 15.0 Å². The topological polar surface area (TPSA) is 79.2 Å². The zero-order valence-corrected chi connectivity index (χ0v) is 12.3. The Hall–Kier alpha value is -2.37. The number of hydrogen-bond acceptors (Lipinski definition) is 4. The van der Waals surface area contributed by atoms with Crippen LogP contribution in [0.4, 0.5) is 0 Å². The van der Waals surface area contributed by atoms with Crippen LogP contribution < -0.4 is 5.56 Å². The molecule has 6 nitrogen and oxygen atoms in total. The van der Waals surface area contributed by atoms with E-state index in [1.165, 1.54) is 6.07 Å². The molecule has 2 aromatic heterocycles. The van der Waals surface area contributed by atoms with Gasteiger partial charge in [0.1, 0.15) is 0 Å². The first-order chi connectivity index (χ1) is 10.7. The number of carbonyl (C=O) groups is 1. The van der Waals surface area contributed by atoms with Crippen molar-refractivity contribution < 1.29 is 9.32 Å². The molecular weight excluding hydrogens is 282 g/mol. The molecule has 22 heavy (non-hydrogen) atoms. The number of hydrogen-bond donors (Lipinski definition) is 1. The number of amides is 1. The van der Waals surface area contributed by atoms with Crippen LogP contribution in [0.1, 0.15) is 41.9 Å². The highest BCUT2D eigenvalue weighted by molar-refractivity contribution is 5.91. The number of rotatable bonds is 4. The normalized spacial score (nSPS) is 18.4. The molecule has 0 bridgehead atoms. The van der Waals surface area contributed by atoms with Gasteiger partial charge in [-0.3, -0.25) is 14.6 Å². The van der Waals surface area contributed by atoms with Crippen molar-refractivity contribution in [2.45, 2.75) is 38.1 Å². The Morgan fingerprint density at radius 3 is 3.05 bits per heavy atom. The third-order valence-corrected chi connectivity index (χ3v) is 4.08. The van der Waals surface area contributed by atoms with Crippen LogP contribution in [-0.2, 0) is 6.42 Å². The number of pyridine rings is 1. The number of H-pyrrole nitrogens is 1. The molecule has 1 amide bonds. The summed E-state index contributed by atoms with van der Waals surface area (Å²) in [5.74, 6) is -0.112. The number of carbonyl (C=O) groups excluding carboxylic acids is 1. The highest BCUT2D eigenvalue weighted by Crippen LogP contribution is 2.22. The maximum atomic E-state index is 12.5. The van der Waals surface area contributed by atoms with Gasteiger partial charge in [0, 0.05) is 24.5 Å². The van der Waals surface area contributed by atoms with Gasteiger partial charge in [0.05, 0.1) is 6.07 Å². The smallest absolute Gasteiger partial charge is 0.292 e. The second kappa shape index (κ2) is 6.60. The minimum absolute atomic E-state index is 0.0923. The summed E-state index contributed by atoms with van der Waals surface area (Å²) in [4.78, 5) is 29.8. The van der Waals surface area contributed by atoms with Gasteiger partial charge in [-0.25, -0.2) is 0 Å². The van der Waals surface area contributed by atoms with Gasteiger partial charge < -0.3 is 9.42 Å². The largest absolute Gasteiger partial charge is 0.373 e. The van der Waals surface area contributed by atoms with Crippen molar-refractivity contribution in [2.24, 2.45) is 0 Å². The van der Waals surface area contributed by atoms with Crippen LogP contribution in [-0.4, -0.2) is 33.5 Å². The van der Waals surface area contributed by atoms with E-state index in [9.17, 15) is 9.59 Å². The first-order valence-electron chi connectivity index (χ1n) is 7.63. The summed E-state index contributed by atoms with van der Waals surface area (Å²) in [5.41, 5.74) is 0.652. The molecule has 0 spiro atoms. The summed E-state index contributed by atoms with van der Waals surface area (Å²) in [5, 5.41) is 2.17. The number of nitrogens with one attached hydrogen (secondary N) is 1. The number of piperidine rings is 1. The molecule has 1 N–H and O–H groups in total. The predicted molar refractivity (Wildman–Crippen MR) is 80.6 cm³/mol. The molecule has 0 radical (unpaired) electrons. The molecule has 3 rings (SSSR count). The molecule has 3 heterocycles. The summed E-state index contributed by atoms with van der Waals surface area (Å²) in [6, 6.07) is 7.25. The van der Waals surface area contributed by atoms with Gasteiger partial charge >= 0.3 is 0 Å². The zero-order valence-electron chi connectivity index (χ0n) is 12.3. The Kier molecular flexibility index (Phi) is 4.37. The van der Waals surface area contributed by atoms with Crippen molar-refractivity contribution in [3.05, 3.63) is 52.3 Å². The second-order valence-corrected chi connectivity index (χ2v) is 5.58. The maximum absolute atomic E-state index is 12.5. The van der Waals surface area contributed by atoms with Crippen LogP contribution >= 0.6 is 0 Å². The fraction of sp³-hybridized carbons (Fsp3) is 0.438. The first-order valence-corrected chi connectivity index (χ1v) is 7.63. The van der Waals surface area contributed by atoms with Gasteiger partial charge in [-0.05, 0) is 44.2 Å². The summed E-state index contributed by atoms with van der Waals surface area (Å²) in [7, 11) is 0. The standard InChI is InChI=1S/C16H19N3O3/c20-15-11-14(22-18-15)16(21)19-10-4-2-6-13(19)8-7-12-5-1-3-9-17-12/h1,3,5,9,11,13H,2,4,6-8,10H2,(H,18,20)/t13-/m1/s1. The van der Waals surface area contributed by atoms with Gasteiger partial charge in [0.2, 0.25) is 5.76 Å². The fourth-order valence-electron chi connectivity index (χ4n) is 2.96. The molecule has 1 fully saturated rings. The van der Waals surface area contributed by atoms with Crippen LogP contribution in [0.2, 0.25) is 0 Å². The average Bonchev–Trinajstić information content (AvgIpc) is 3.00. The Bertz CT molecular complexity index is 677. The fourth-order valence-corrected chi connectivity index (χ4v) is 2.96. The van der Waals surface area contributed by atoms with E-state index in [0.29, 0.717) is 6.54 Å². The summed E-state index contributed by atoms with van der Waals surface area (Å²) < 4.78 is 4.95. The van der Waals surface area contributed by atoms with Gasteiger partial charge in [-0.1, -0.05) is 6.07 Å².